The largest absolute Gasteiger partial charge is 0.504 e. The summed E-state index contributed by atoms with van der Waals surface area (Å²) in [5, 5.41) is 21.2. The number of rotatable bonds is 8. The number of methoxy groups -OCH3 is 1. The molecule has 0 bridgehead atoms. The predicted molar refractivity (Wildman–Crippen MR) is 96.6 cm³/mol. The smallest absolute Gasteiger partial charge is 0.334 e. The van der Waals surface area contributed by atoms with Crippen molar-refractivity contribution in [2.24, 2.45) is 0 Å². The van der Waals surface area contributed by atoms with Gasteiger partial charge in [0, 0.05) is 0 Å². The fraction of sp³-hybridized carbons (Fsp3) is 0.278. The molecule has 8 heteroatoms. The number of phenolic OH excluding ortho intramolecular Hbond substituents is 1. The minimum absolute atomic E-state index is 0.162. The zero-order valence-corrected chi connectivity index (χ0v) is 15.1. The number of aromatic hydroxyl groups is 1. The van der Waals surface area contributed by atoms with E-state index in [1.165, 1.54) is 7.11 Å². The van der Waals surface area contributed by atoms with Crippen LogP contribution in [0.2, 0.25) is 5.02 Å². The molecule has 0 unspecified atom stereocenters. The SMILES string of the molecule is COc1c(OCCCc2ccccc2)c(O)c(C(C)=O)c(Cl)c1[N+](=O)[O-]. The van der Waals surface area contributed by atoms with Crippen LogP contribution >= 0.6 is 11.6 Å². The van der Waals surface area contributed by atoms with Crippen LogP contribution in [0.15, 0.2) is 30.3 Å². The molecule has 0 aromatic heterocycles. The average Bonchev–Trinajstić information content (AvgIpc) is 2.59. The van der Waals surface area contributed by atoms with E-state index in [2.05, 4.69) is 0 Å². The molecule has 0 atom stereocenters. The number of Topliss-reactive ketones (excluding diaryl/α,β-unsaturated/α-hetero) is 1. The summed E-state index contributed by atoms with van der Waals surface area (Å²) in [4.78, 5) is 22.3. The van der Waals surface area contributed by atoms with E-state index in [-0.39, 0.29) is 23.7 Å². The molecule has 0 aliphatic heterocycles. The lowest BCUT2D eigenvalue weighted by Crippen LogP contribution is -2.07. The van der Waals surface area contributed by atoms with Gasteiger partial charge in [0.15, 0.2) is 11.5 Å². The van der Waals surface area contributed by atoms with Crippen LogP contribution in [0, 0.1) is 10.1 Å². The average molecular weight is 380 g/mol. The second-order valence-electron chi connectivity index (χ2n) is 5.50. The molecule has 0 amide bonds. The van der Waals surface area contributed by atoms with E-state index in [4.69, 9.17) is 21.1 Å². The normalized spacial score (nSPS) is 10.4. The number of ether oxygens (including phenoxy) is 2. The quantitative estimate of drug-likeness (QED) is 0.320. The van der Waals surface area contributed by atoms with Gasteiger partial charge in [0.2, 0.25) is 11.5 Å². The van der Waals surface area contributed by atoms with Crippen LogP contribution in [0.1, 0.15) is 29.3 Å². The molecule has 0 aliphatic carbocycles. The van der Waals surface area contributed by atoms with Crippen LogP contribution in [0.4, 0.5) is 5.69 Å². The van der Waals surface area contributed by atoms with E-state index in [1.807, 2.05) is 30.3 Å². The summed E-state index contributed by atoms with van der Waals surface area (Å²) in [6.07, 6.45) is 1.32. The zero-order valence-electron chi connectivity index (χ0n) is 14.3. The highest BCUT2D eigenvalue weighted by Gasteiger charge is 2.34. The number of nitrogens with zero attached hydrogens (tertiary/aromatic N) is 1. The molecule has 0 fully saturated rings. The van der Waals surface area contributed by atoms with Crippen molar-refractivity contribution in [2.75, 3.05) is 13.7 Å². The lowest BCUT2D eigenvalue weighted by atomic mass is 10.1. The van der Waals surface area contributed by atoms with E-state index >= 15 is 0 Å². The molecule has 2 rings (SSSR count). The van der Waals surface area contributed by atoms with Gasteiger partial charge in [-0.05, 0) is 25.3 Å². The van der Waals surface area contributed by atoms with Crippen molar-refractivity contribution < 1.29 is 24.3 Å². The van der Waals surface area contributed by atoms with Gasteiger partial charge in [-0.1, -0.05) is 41.9 Å². The Hall–Kier alpha value is -2.80. The van der Waals surface area contributed by atoms with E-state index in [0.717, 1.165) is 18.9 Å². The third kappa shape index (κ3) is 4.05. The van der Waals surface area contributed by atoms with Gasteiger partial charge >= 0.3 is 5.69 Å². The Kier molecular flexibility index (Phi) is 6.41. The summed E-state index contributed by atoms with van der Waals surface area (Å²) in [6, 6.07) is 9.70. The molecule has 0 aliphatic rings. The molecule has 0 saturated carbocycles. The van der Waals surface area contributed by atoms with Gasteiger partial charge in [-0.15, -0.1) is 0 Å². The van der Waals surface area contributed by atoms with E-state index in [1.54, 1.807) is 0 Å². The molecule has 0 radical (unpaired) electrons. The number of carbonyl (C=O) groups excluding carboxylic acids is 1. The number of benzene rings is 2. The Labute approximate surface area is 155 Å². The fourth-order valence-corrected chi connectivity index (χ4v) is 2.93. The van der Waals surface area contributed by atoms with E-state index in [0.29, 0.717) is 6.42 Å². The summed E-state index contributed by atoms with van der Waals surface area (Å²) in [5.74, 6) is -1.76. The molecule has 2 aromatic rings. The Bertz CT molecular complexity index is 822. The number of hydrogen-bond acceptors (Lipinski definition) is 6. The van der Waals surface area contributed by atoms with Crippen LogP contribution in [0.25, 0.3) is 0 Å². The molecule has 0 heterocycles. The maximum absolute atomic E-state index is 11.8. The number of halogens is 1. The standard InChI is InChI=1S/C18H18ClNO6/c1-11(21)13-14(19)15(20(23)24)17(25-2)18(16(13)22)26-10-6-9-12-7-4-3-5-8-12/h3-5,7-8,22H,6,9-10H2,1-2H3. The van der Waals surface area contributed by atoms with Gasteiger partial charge in [-0.3, -0.25) is 14.9 Å². The Balaban J connectivity index is 2.31. The van der Waals surface area contributed by atoms with Crippen molar-refractivity contribution in [1.82, 2.24) is 0 Å². The molecule has 1 N–H and O–H groups in total. The Morgan fingerprint density at radius 2 is 1.92 bits per heavy atom. The van der Waals surface area contributed by atoms with Crippen LogP contribution < -0.4 is 9.47 Å². The molecule has 7 nitrogen and oxygen atoms in total. The predicted octanol–water partition coefficient (Wildman–Crippen LogP) is 4.18. The summed E-state index contributed by atoms with van der Waals surface area (Å²) < 4.78 is 10.6. The number of hydrogen-bond donors (Lipinski definition) is 1. The van der Waals surface area contributed by atoms with Crippen LogP contribution in [0.5, 0.6) is 17.2 Å². The molecular weight excluding hydrogens is 362 g/mol. The van der Waals surface area contributed by atoms with Crippen LogP contribution in [0.3, 0.4) is 0 Å². The Morgan fingerprint density at radius 1 is 1.27 bits per heavy atom. The minimum Gasteiger partial charge on any atom is -0.504 e. The molecule has 26 heavy (non-hydrogen) atoms. The maximum atomic E-state index is 11.8. The van der Waals surface area contributed by atoms with Gasteiger partial charge in [0.25, 0.3) is 0 Å². The summed E-state index contributed by atoms with van der Waals surface area (Å²) in [7, 11) is 1.20. The second-order valence-corrected chi connectivity index (χ2v) is 5.88. The third-order valence-corrected chi connectivity index (χ3v) is 4.11. The first-order chi connectivity index (χ1) is 12.4. The highest BCUT2D eigenvalue weighted by molar-refractivity contribution is 6.37. The van der Waals surface area contributed by atoms with Crippen LogP contribution in [-0.2, 0) is 6.42 Å². The summed E-state index contributed by atoms with van der Waals surface area (Å²) >= 11 is 5.94. The first-order valence-electron chi connectivity index (χ1n) is 7.82. The number of nitro groups is 1. The maximum Gasteiger partial charge on any atom is 0.334 e. The number of nitro benzene ring substituents is 1. The topological polar surface area (TPSA) is 98.9 Å². The number of ketones is 1. The molecule has 0 spiro atoms. The number of aryl methyl sites for hydroxylation is 1. The van der Waals surface area contributed by atoms with Crippen molar-refractivity contribution in [3.63, 3.8) is 0 Å². The fourth-order valence-electron chi connectivity index (χ4n) is 2.55. The minimum atomic E-state index is -0.774. The Morgan fingerprint density at radius 3 is 2.46 bits per heavy atom. The zero-order chi connectivity index (χ0) is 19.3. The van der Waals surface area contributed by atoms with Gasteiger partial charge in [-0.25, -0.2) is 0 Å². The molecule has 2 aromatic carbocycles. The summed E-state index contributed by atoms with van der Waals surface area (Å²) in [6.45, 7) is 1.31. The van der Waals surface area contributed by atoms with E-state index in [9.17, 15) is 20.0 Å². The van der Waals surface area contributed by atoms with Gasteiger partial charge in [0.05, 0.1) is 24.2 Å². The summed E-state index contributed by atoms with van der Waals surface area (Å²) in [5.41, 5.74) is 0.131. The first kappa shape index (κ1) is 19.5. The van der Waals surface area contributed by atoms with E-state index < -0.39 is 27.2 Å². The first-order valence-corrected chi connectivity index (χ1v) is 8.20. The number of carbonyl (C=O) groups is 1. The van der Waals surface area contributed by atoms with Gasteiger partial charge in [-0.2, -0.15) is 0 Å². The van der Waals surface area contributed by atoms with Gasteiger partial charge < -0.3 is 14.6 Å². The van der Waals surface area contributed by atoms with Crippen molar-refractivity contribution in [3.05, 3.63) is 56.6 Å². The van der Waals surface area contributed by atoms with Gasteiger partial charge in [0.1, 0.15) is 5.02 Å². The van der Waals surface area contributed by atoms with Crippen LogP contribution in [-0.4, -0.2) is 29.5 Å². The molecule has 138 valence electrons. The highest BCUT2D eigenvalue weighted by Crippen LogP contribution is 2.51. The lowest BCUT2D eigenvalue weighted by molar-refractivity contribution is -0.385. The van der Waals surface area contributed by atoms with Crippen molar-refractivity contribution in [2.45, 2.75) is 19.8 Å². The molecular formula is C18H18ClNO6. The van der Waals surface area contributed by atoms with Crippen molar-refractivity contribution in [1.29, 1.82) is 0 Å². The second kappa shape index (κ2) is 8.53. The molecule has 0 saturated heterocycles. The number of phenols is 1. The third-order valence-electron chi connectivity index (χ3n) is 3.74. The highest BCUT2D eigenvalue weighted by atomic mass is 35.5. The monoisotopic (exact) mass is 379 g/mol. The van der Waals surface area contributed by atoms with Crippen molar-refractivity contribution >= 4 is 23.1 Å². The van der Waals surface area contributed by atoms with Crippen molar-refractivity contribution in [3.8, 4) is 17.2 Å². The lowest BCUT2D eigenvalue weighted by Gasteiger charge is -2.16.